The van der Waals surface area contributed by atoms with Gasteiger partial charge in [-0.05, 0) is 24.5 Å². The van der Waals surface area contributed by atoms with Crippen molar-refractivity contribution in [2.75, 3.05) is 7.11 Å². The molecule has 1 aliphatic rings. The number of aromatic nitrogens is 1. The largest absolute Gasteiger partial charge is 0.468 e. The summed E-state index contributed by atoms with van der Waals surface area (Å²) in [4.78, 5) is 15.5. The van der Waals surface area contributed by atoms with E-state index >= 15 is 0 Å². The Balaban J connectivity index is 2.25. The third kappa shape index (κ3) is 1.61. The molecule has 1 aromatic rings. The van der Waals surface area contributed by atoms with Crippen molar-refractivity contribution < 1.29 is 9.53 Å². The first-order valence-corrected chi connectivity index (χ1v) is 4.94. The predicted octanol–water partition coefficient (Wildman–Crippen LogP) is 0.613. The Hall–Kier alpha value is -1.42. The van der Waals surface area contributed by atoms with Gasteiger partial charge in [0.05, 0.1) is 7.11 Å². The van der Waals surface area contributed by atoms with Crippen LogP contribution in [0, 0.1) is 0 Å². The Kier molecular flexibility index (Phi) is 2.44. The summed E-state index contributed by atoms with van der Waals surface area (Å²) in [5.74, 6) is -0.351. The molecule has 0 aromatic carbocycles. The van der Waals surface area contributed by atoms with Gasteiger partial charge in [0.2, 0.25) is 0 Å². The second kappa shape index (κ2) is 3.62. The molecule has 0 aliphatic heterocycles. The average molecular weight is 206 g/mol. The molecule has 0 saturated heterocycles. The van der Waals surface area contributed by atoms with Crippen molar-refractivity contribution in [1.29, 1.82) is 0 Å². The highest BCUT2D eigenvalue weighted by Gasteiger charge is 2.52. The fraction of sp³-hybridized carbons (Fsp3) is 0.455. The molecule has 0 radical (unpaired) electrons. The van der Waals surface area contributed by atoms with Gasteiger partial charge >= 0.3 is 5.97 Å². The number of hydrogen-bond acceptors (Lipinski definition) is 4. The van der Waals surface area contributed by atoms with E-state index in [0.717, 1.165) is 18.4 Å². The van der Waals surface area contributed by atoms with E-state index in [1.54, 1.807) is 12.4 Å². The summed E-state index contributed by atoms with van der Waals surface area (Å²) in [6.07, 6.45) is 5.34. The highest BCUT2D eigenvalue weighted by Crippen LogP contribution is 2.50. The molecule has 2 N–H and O–H groups in total. The van der Waals surface area contributed by atoms with Crippen LogP contribution in [-0.2, 0) is 14.9 Å². The maximum atomic E-state index is 11.4. The van der Waals surface area contributed by atoms with E-state index in [4.69, 9.17) is 5.73 Å². The number of pyridine rings is 1. The number of nitrogens with two attached hydrogens (primary N) is 1. The third-order valence-electron chi connectivity index (χ3n) is 3.08. The lowest BCUT2D eigenvalue weighted by Crippen LogP contribution is -2.42. The van der Waals surface area contributed by atoms with Crippen LogP contribution in [-0.4, -0.2) is 24.1 Å². The maximum Gasteiger partial charge on any atom is 0.323 e. The van der Waals surface area contributed by atoms with Crippen molar-refractivity contribution >= 4 is 5.97 Å². The van der Waals surface area contributed by atoms with Gasteiger partial charge in [-0.25, -0.2) is 0 Å². The Morgan fingerprint density at radius 2 is 2.40 bits per heavy atom. The zero-order chi connectivity index (χ0) is 10.9. The number of esters is 1. The van der Waals surface area contributed by atoms with Gasteiger partial charge in [0.1, 0.15) is 6.04 Å². The van der Waals surface area contributed by atoms with Gasteiger partial charge in [-0.3, -0.25) is 9.78 Å². The number of methoxy groups -OCH3 is 1. The lowest BCUT2D eigenvalue weighted by molar-refractivity contribution is -0.143. The van der Waals surface area contributed by atoms with Gasteiger partial charge < -0.3 is 10.5 Å². The number of nitrogens with zero attached hydrogens (tertiary/aromatic N) is 1. The quantitative estimate of drug-likeness (QED) is 0.736. The molecule has 15 heavy (non-hydrogen) atoms. The monoisotopic (exact) mass is 206 g/mol. The van der Waals surface area contributed by atoms with Crippen LogP contribution in [0.2, 0.25) is 0 Å². The summed E-state index contributed by atoms with van der Waals surface area (Å²) in [6, 6.07) is 3.24. The molecule has 1 aliphatic carbocycles. The van der Waals surface area contributed by atoms with E-state index in [1.165, 1.54) is 7.11 Å². The summed E-state index contributed by atoms with van der Waals surface area (Å²) in [6.45, 7) is 0. The number of ether oxygens (including phenoxy) is 1. The molecule has 0 spiro atoms. The minimum atomic E-state index is -0.577. The Morgan fingerprint density at radius 1 is 1.67 bits per heavy atom. The standard InChI is InChI=1S/C11H14N2O2/c1-15-10(14)9(12)11(4-5-11)8-3-2-6-13-7-8/h2-3,6-7,9H,4-5,12H2,1H3. The molecule has 4 nitrogen and oxygen atoms in total. The molecule has 1 unspecified atom stereocenters. The molecular weight excluding hydrogens is 192 g/mol. The Morgan fingerprint density at radius 3 is 2.87 bits per heavy atom. The van der Waals surface area contributed by atoms with Crippen LogP contribution in [0.5, 0.6) is 0 Å². The maximum absolute atomic E-state index is 11.4. The van der Waals surface area contributed by atoms with Gasteiger partial charge in [-0.15, -0.1) is 0 Å². The third-order valence-corrected chi connectivity index (χ3v) is 3.08. The van der Waals surface area contributed by atoms with Gasteiger partial charge in [0, 0.05) is 17.8 Å². The molecule has 2 rings (SSSR count). The second-order valence-electron chi connectivity index (χ2n) is 3.90. The highest BCUT2D eigenvalue weighted by atomic mass is 16.5. The smallest absolute Gasteiger partial charge is 0.323 e. The molecule has 1 saturated carbocycles. The Bertz CT molecular complexity index is 360. The number of hydrogen-bond donors (Lipinski definition) is 1. The van der Waals surface area contributed by atoms with Crippen LogP contribution in [0.3, 0.4) is 0 Å². The number of carbonyl (C=O) groups excluding carboxylic acids is 1. The van der Waals surface area contributed by atoms with Crippen LogP contribution in [0.1, 0.15) is 18.4 Å². The first-order chi connectivity index (χ1) is 7.20. The topological polar surface area (TPSA) is 65.2 Å². The fourth-order valence-electron chi connectivity index (χ4n) is 1.92. The zero-order valence-corrected chi connectivity index (χ0v) is 8.64. The van der Waals surface area contributed by atoms with E-state index < -0.39 is 6.04 Å². The highest BCUT2D eigenvalue weighted by molar-refractivity contribution is 5.78. The molecule has 0 bridgehead atoms. The average Bonchev–Trinajstić information content (AvgIpc) is 3.09. The van der Waals surface area contributed by atoms with Crippen molar-refractivity contribution in [3.05, 3.63) is 30.1 Å². The van der Waals surface area contributed by atoms with Crippen LogP contribution in [0.25, 0.3) is 0 Å². The minimum absolute atomic E-state index is 0.235. The minimum Gasteiger partial charge on any atom is -0.468 e. The van der Waals surface area contributed by atoms with Gasteiger partial charge in [-0.2, -0.15) is 0 Å². The summed E-state index contributed by atoms with van der Waals surface area (Å²) < 4.78 is 4.68. The normalized spacial score (nSPS) is 19.3. The fourth-order valence-corrected chi connectivity index (χ4v) is 1.92. The van der Waals surface area contributed by atoms with Crippen molar-refractivity contribution in [2.45, 2.75) is 24.3 Å². The molecule has 1 heterocycles. The van der Waals surface area contributed by atoms with Crippen molar-refractivity contribution in [1.82, 2.24) is 4.98 Å². The SMILES string of the molecule is COC(=O)C(N)C1(c2cccnc2)CC1. The van der Waals surface area contributed by atoms with Gasteiger partial charge in [0.25, 0.3) is 0 Å². The van der Waals surface area contributed by atoms with Gasteiger partial charge in [0.15, 0.2) is 0 Å². The van der Waals surface area contributed by atoms with Crippen molar-refractivity contribution in [2.24, 2.45) is 5.73 Å². The molecule has 1 aromatic heterocycles. The first-order valence-electron chi connectivity index (χ1n) is 4.94. The molecular formula is C11H14N2O2. The lowest BCUT2D eigenvalue weighted by Gasteiger charge is -2.20. The molecule has 80 valence electrons. The van der Waals surface area contributed by atoms with Crippen molar-refractivity contribution in [3.63, 3.8) is 0 Å². The molecule has 0 amide bonds. The van der Waals surface area contributed by atoms with E-state index in [1.807, 2.05) is 12.1 Å². The number of carbonyl (C=O) groups is 1. The van der Waals surface area contributed by atoms with E-state index in [-0.39, 0.29) is 11.4 Å². The number of rotatable bonds is 3. The summed E-state index contributed by atoms with van der Waals surface area (Å²) in [5, 5.41) is 0. The second-order valence-corrected chi connectivity index (χ2v) is 3.90. The van der Waals surface area contributed by atoms with Crippen LogP contribution >= 0.6 is 0 Å². The van der Waals surface area contributed by atoms with Crippen molar-refractivity contribution in [3.8, 4) is 0 Å². The van der Waals surface area contributed by atoms with Crippen LogP contribution in [0.15, 0.2) is 24.5 Å². The predicted molar refractivity (Wildman–Crippen MR) is 55.1 cm³/mol. The zero-order valence-electron chi connectivity index (χ0n) is 8.64. The summed E-state index contributed by atoms with van der Waals surface area (Å²) in [7, 11) is 1.36. The summed E-state index contributed by atoms with van der Waals surface area (Å²) >= 11 is 0. The van der Waals surface area contributed by atoms with Gasteiger partial charge in [-0.1, -0.05) is 6.07 Å². The van der Waals surface area contributed by atoms with Crippen LogP contribution < -0.4 is 5.73 Å². The lowest BCUT2D eigenvalue weighted by atomic mass is 9.90. The first kappa shape index (κ1) is 10.1. The Labute approximate surface area is 88.4 Å². The van der Waals surface area contributed by atoms with E-state index in [0.29, 0.717) is 0 Å². The van der Waals surface area contributed by atoms with Crippen LogP contribution in [0.4, 0.5) is 0 Å². The van der Waals surface area contributed by atoms with E-state index in [2.05, 4.69) is 9.72 Å². The van der Waals surface area contributed by atoms with E-state index in [9.17, 15) is 4.79 Å². The molecule has 4 heteroatoms. The molecule has 1 fully saturated rings. The summed E-state index contributed by atoms with van der Waals surface area (Å²) in [5.41, 5.74) is 6.69. The molecule has 1 atom stereocenters.